The maximum atomic E-state index is 6.03. The predicted octanol–water partition coefficient (Wildman–Crippen LogP) is 3.60. The zero-order valence-corrected chi connectivity index (χ0v) is 12.8. The topological polar surface area (TPSA) is 39.9 Å². The summed E-state index contributed by atoms with van der Waals surface area (Å²) in [7, 11) is 1.65. The number of benzene rings is 1. The van der Waals surface area contributed by atoms with Gasteiger partial charge in [-0.3, -0.25) is 0 Å². The summed E-state index contributed by atoms with van der Waals surface area (Å²) in [5.74, 6) is 1.96. The van der Waals surface area contributed by atoms with Crippen molar-refractivity contribution in [3.8, 4) is 5.75 Å². The van der Waals surface area contributed by atoms with E-state index in [-0.39, 0.29) is 0 Å². The minimum absolute atomic E-state index is 0.362. The van der Waals surface area contributed by atoms with Gasteiger partial charge in [0.05, 0.1) is 35.8 Å². The highest BCUT2D eigenvalue weighted by atomic mass is 35.5. The number of hydrogen-bond donors (Lipinski definition) is 0. The third kappa shape index (κ3) is 2.27. The molecule has 6 heteroatoms. The predicted molar refractivity (Wildman–Crippen MR) is 81.8 cm³/mol. The molecular formula is C14H14ClN3OS. The Bertz CT molecular complexity index is 750. The molecule has 0 bridgehead atoms. The Morgan fingerprint density at radius 2 is 2.20 bits per heavy atom. The highest BCUT2D eigenvalue weighted by Crippen LogP contribution is 2.27. The fourth-order valence-corrected chi connectivity index (χ4v) is 3.06. The van der Waals surface area contributed by atoms with Crippen molar-refractivity contribution in [2.24, 2.45) is 0 Å². The van der Waals surface area contributed by atoms with E-state index in [1.807, 2.05) is 25.1 Å². The van der Waals surface area contributed by atoms with E-state index < -0.39 is 0 Å². The quantitative estimate of drug-likeness (QED) is 0.691. The molecule has 2 heterocycles. The van der Waals surface area contributed by atoms with Gasteiger partial charge in [-0.15, -0.1) is 22.9 Å². The lowest BCUT2D eigenvalue weighted by Gasteiger charge is -2.06. The molecule has 3 aromatic rings. The largest absolute Gasteiger partial charge is 0.494 e. The van der Waals surface area contributed by atoms with Crippen molar-refractivity contribution < 1.29 is 4.74 Å². The zero-order chi connectivity index (χ0) is 14.1. The summed E-state index contributed by atoms with van der Waals surface area (Å²) in [6.45, 7) is 2.68. The molecule has 0 N–H and O–H groups in total. The standard InChI is InChI=1S/C14H14ClN3OS/c1-9-16-10(8-20-9)7-18-11-4-3-5-12(19-2)14(11)17-13(18)6-15/h3-5,8H,6-7H2,1-2H3. The van der Waals surface area contributed by atoms with Crippen molar-refractivity contribution in [2.45, 2.75) is 19.3 Å². The number of aryl methyl sites for hydroxylation is 1. The number of ether oxygens (including phenoxy) is 1. The van der Waals surface area contributed by atoms with Crippen molar-refractivity contribution in [3.63, 3.8) is 0 Å². The van der Waals surface area contributed by atoms with E-state index in [1.165, 1.54) is 0 Å². The average Bonchev–Trinajstić information content (AvgIpc) is 3.03. The molecule has 0 radical (unpaired) electrons. The van der Waals surface area contributed by atoms with Crippen LogP contribution in [0.2, 0.25) is 0 Å². The first kappa shape index (κ1) is 13.4. The lowest BCUT2D eigenvalue weighted by atomic mass is 10.3. The molecule has 0 saturated carbocycles. The first-order valence-corrected chi connectivity index (χ1v) is 7.63. The lowest BCUT2D eigenvalue weighted by Crippen LogP contribution is -2.04. The van der Waals surface area contributed by atoms with Gasteiger partial charge in [0.15, 0.2) is 0 Å². The molecule has 0 unspecified atom stereocenters. The summed E-state index contributed by atoms with van der Waals surface area (Å²) in [5.41, 5.74) is 2.89. The van der Waals surface area contributed by atoms with Gasteiger partial charge < -0.3 is 9.30 Å². The van der Waals surface area contributed by atoms with E-state index >= 15 is 0 Å². The molecule has 0 aliphatic rings. The van der Waals surface area contributed by atoms with E-state index in [0.29, 0.717) is 12.4 Å². The van der Waals surface area contributed by atoms with Crippen molar-refractivity contribution in [3.05, 3.63) is 40.1 Å². The van der Waals surface area contributed by atoms with Crippen LogP contribution in [0, 0.1) is 6.92 Å². The summed E-state index contributed by atoms with van der Waals surface area (Å²) in [6, 6.07) is 5.90. The molecule has 0 amide bonds. The molecule has 3 rings (SSSR count). The number of fused-ring (bicyclic) bond motifs is 1. The molecule has 1 aromatic carbocycles. The Balaban J connectivity index is 2.13. The van der Waals surface area contributed by atoms with Gasteiger partial charge in [0.1, 0.15) is 17.1 Å². The van der Waals surface area contributed by atoms with E-state index in [2.05, 4.69) is 19.9 Å². The molecular weight excluding hydrogens is 294 g/mol. The maximum absolute atomic E-state index is 6.03. The number of methoxy groups -OCH3 is 1. The SMILES string of the molecule is COc1cccc2c1nc(CCl)n2Cc1csc(C)n1. The number of alkyl halides is 1. The fraction of sp³-hybridized carbons (Fsp3) is 0.286. The molecule has 0 aliphatic heterocycles. The number of halogens is 1. The summed E-state index contributed by atoms with van der Waals surface area (Å²) in [6.07, 6.45) is 0. The molecule has 0 aliphatic carbocycles. The van der Waals surface area contributed by atoms with Gasteiger partial charge >= 0.3 is 0 Å². The second-order valence-corrected chi connectivity index (χ2v) is 5.76. The molecule has 4 nitrogen and oxygen atoms in total. The lowest BCUT2D eigenvalue weighted by molar-refractivity contribution is 0.419. The summed E-state index contributed by atoms with van der Waals surface area (Å²) >= 11 is 7.68. The molecule has 0 atom stereocenters. The second-order valence-electron chi connectivity index (χ2n) is 4.43. The molecule has 104 valence electrons. The summed E-state index contributed by atoms with van der Waals surface area (Å²) < 4.78 is 7.46. The number of thiazole rings is 1. The van der Waals surface area contributed by atoms with Crippen LogP contribution >= 0.6 is 22.9 Å². The number of imidazole rings is 1. The minimum Gasteiger partial charge on any atom is -0.494 e. The van der Waals surface area contributed by atoms with Crippen LogP contribution in [0.5, 0.6) is 5.75 Å². The normalized spacial score (nSPS) is 11.2. The highest BCUT2D eigenvalue weighted by molar-refractivity contribution is 7.09. The number of rotatable bonds is 4. The third-order valence-corrected chi connectivity index (χ3v) is 4.21. The Morgan fingerprint density at radius 3 is 2.85 bits per heavy atom. The molecule has 0 fully saturated rings. The van der Waals surface area contributed by atoms with E-state index in [4.69, 9.17) is 16.3 Å². The van der Waals surface area contributed by atoms with E-state index in [9.17, 15) is 0 Å². The smallest absolute Gasteiger partial charge is 0.146 e. The van der Waals surface area contributed by atoms with Crippen LogP contribution < -0.4 is 4.74 Å². The summed E-state index contributed by atoms with van der Waals surface area (Å²) in [4.78, 5) is 9.09. The molecule has 20 heavy (non-hydrogen) atoms. The molecule has 2 aromatic heterocycles. The van der Waals surface area contributed by atoms with Gasteiger partial charge in [0, 0.05) is 5.38 Å². The Labute approximate surface area is 126 Å². The van der Waals surface area contributed by atoms with Crippen LogP contribution in [0.4, 0.5) is 0 Å². The molecule has 0 saturated heterocycles. The average molecular weight is 308 g/mol. The highest BCUT2D eigenvalue weighted by Gasteiger charge is 2.14. The van der Waals surface area contributed by atoms with Gasteiger partial charge in [-0.2, -0.15) is 0 Å². The number of hydrogen-bond acceptors (Lipinski definition) is 4. The number of aromatic nitrogens is 3. The van der Waals surface area contributed by atoms with Crippen LogP contribution in [0.1, 0.15) is 16.5 Å². The van der Waals surface area contributed by atoms with E-state index in [1.54, 1.807) is 18.4 Å². The van der Waals surface area contributed by atoms with Crippen LogP contribution in [0.25, 0.3) is 11.0 Å². The van der Waals surface area contributed by atoms with Gasteiger partial charge in [0.25, 0.3) is 0 Å². The fourth-order valence-electron chi connectivity index (χ4n) is 2.26. The second kappa shape index (κ2) is 5.42. The Morgan fingerprint density at radius 1 is 1.35 bits per heavy atom. The van der Waals surface area contributed by atoms with Crippen LogP contribution in [-0.2, 0) is 12.4 Å². The molecule has 0 spiro atoms. The number of para-hydroxylation sites is 1. The van der Waals surface area contributed by atoms with Crippen molar-refractivity contribution in [1.82, 2.24) is 14.5 Å². The van der Waals surface area contributed by atoms with Crippen molar-refractivity contribution >= 4 is 34.0 Å². The van der Waals surface area contributed by atoms with Gasteiger partial charge in [0.2, 0.25) is 0 Å². The first-order chi connectivity index (χ1) is 9.72. The van der Waals surface area contributed by atoms with Crippen LogP contribution in [0.15, 0.2) is 23.6 Å². The maximum Gasteiger partial charge on any atom is 0.146 e. The third-order valence-electron chi connectivity index (χ3n) is 3.15. The Hall–Kier alpha value is -1.59. The summed E-state index contributed by atoms with van der Waals surface area (Å²) in [5, 5.41) is 3.13. The van der Waals surface area contributed by atoms with Crippen molar-refractivity contribution in [1.29, 1.82) is 0 Å². The van der Waals surface area contributed by atoms with E-state index in [0.717, 1.165) is 33.3 Å². The first-order valence-electron chi connectivity index (χ1n) is 6.22. The van der Waals surface area contributed by atoms with Crippen LogP contribution in [-0.4, -0.2) is 21.6 Å². The van der Waals surface area contributed by atoms with Crippen LogP contribution in [0.3, 0.4) is 0 Å². The Kier molecular flexibility index (Phi) is 3.63. The van der Waals surface area contributed by atoms with Gasteiger partial charge in [-0.05, 0) is 19.1 Å². The van der Waals surface area contributed by atoms with Crippen molar-refractivity contribution in [2.75, 3.05) is 7.11 Å². The monoisotopic (exact) mass is 307 g/mol. The number of nitrogens with zero attached hydrogens (tertiary/aromatic N) is 3. The van der Waals surface area contributed by atoms with Gasteiger partial charge in [-0.1, -0.05) is 6.07 Å². The zero-order valence-electron chi connectivity index (χ0n) is 11.3. The minimum atomic E-state index is 0.362. The van der Waals surface area contributed by atoms with Gasteiger partial charge in [-0.25, -0.2) is 9.97 Å².